The molecule has 0 aromatic heterocycles. The lowest BCUT2D eigenvalue weighted by Gasteiger charge is -2.35. The summed E-state index contributed by atoms with van der Waals surface area (Å²) in [5, 5.41) is 3.08. The Bertz CT molecular complexity index is 967. The molecule has 0 spiro atoms. The fourth-order valence-electron chi connectivity index (χ4n) is 4.61. The van der Waals surface area contributed by atoms with E-state index < -0.39 is 17.4 Å². The molecule has 182 valence electrons. The minimum atomic E-state index is -1.12. The van der Waals surface area contributed by atoms with E-state index in [0.29, 0.717) is 6.42 Å². The van der Waals surface area contributed by atoms with Crippen molar-refractivity contribution in [1.29, 1.82) is 0 Å². The second-order valence-corrected chi connectivity index (χ2v) is 8.68. The standard InChI is InChI=1S/C31H35NO3/c1-3-4-5-6-7-17-24-28(29(33)35-2)32-30(34)31(25-18-11-8-12-19-25,26-20-13-9-14-21-26)27-22-15-10-16-23-27/h3,8-16,18-23,28H,1,4-7,17,24H2,2H3,(H,32,34)/t28-/m0/s1. The number of hydrogen-bond donors (Lipinski definition) is 1. The molecule has 1 N–H and O–H groups in total. The molecule has 0 radical (unpaired) electrons. The molecular formula is C31H35NO3. The van der Waals surface area contributed by atoms with Gasteiger partial charge in [-0.3, -0.25) is 4.79 Å². The lowest BCUT2D eigenvalue weighted by atomic mass is 9.68. The first-order chi connectivity index (χ1) is 17.1. The lowest BCUT2D eigenvalue weighted by molar-refractivity contribution is -0.145. The summed E-state index contributed by atoms with van der Waals surface area (Å²) in [6.45, 7) is 3.76. The Kier molecular flexibility index (Phi) is 9.85. The van der Waals surface area contributed by atoms with Crippen molar-refractivity contribution < 1.29 is 14.3 Å². The Balaban J connectivity index is 2.00. The zero-order valence-corrected chi connectivity index (χ0v) is 20.5. The minimum absolute atomic E-state index is 0.247. The van der Waals surface area contributed by atoms with E-state index in [2.05, 4.69) is 11.9 Å². The van der Waals surface area contributed by atoms with Crippen LogP contribution >= 0.6 is 0 Å². The first-order valence-electron chi connectivity index (χ1n) is 12.3. The van der Waals surface area contributed by atoms with Crippen LogP contribution in [0.1, 0.15) is 55.2 Å². The van der Waals surface area contributed by atoms with Crippen LogP contribution in [-0.4, -0.2) is 25.0 Å². The predicted octanol–water partition coefficient (Wildman–Crippen LogP) is 6.21. The second kappa shape index (κ2) is 13.3. The average molecular weight is 470 g/mol. The summed E-state index contributed by atoms with van der Waals surface area (Å²) >= 11 is 0. The van der Waals surface area contributed by atoms with Crippen LogP contribution in [-0.2, 0) is 19.7 Å². The van der Waals surface area contributed by atoms with Gasteiger partial charge in [0, 0.05) is 0 Å². The van der Waals surface area contributed by atoms with Crippen LogP contribution < -0.4 is 5.32 Å². The quantitative estimate of drug-likeness (QED) is 0.140. The van der Waals surface area contributed by atoms with E-state index >= 15 is 0 Å². The summed E-state index contributed by atoms with van der Waals surface area (Å²) in [6.07, 6.45) is 7.40. The zero-order chi connectivity index (χ0) is 24.9. The fourth-order valence-corrected chi connectivity index (χ4v) is 4.61. The number of methoxy groups -OCH3 is 1. The molecule has 0 aliphatic heterocycles. The van der Waals surface area contributed by atoms with Crippen LogP contribution in [0.15, 0.2) is 104 Å². The van der Waals surface area contributed by atoms with E-state index in [-0.39, 0.29) is 5.91 Å². The first kappa shape index (κ1) is 26.0. The van der Waals surface area contributed by atoms with Crippen LogP contribution in [0.5, 0.6) is 0 Å². The van der Waals surface area contributed by atoms with Crippen LogP contribution in [0.25, 0.3) is 0 Å². The van der Waals surface area contributed by atoms with Crippen LogP contribution in [0, 0.1) is 0 Å². The zero-order valence-electron chi connectivity index (χ0n) is 20.5. The summed E-state index contributed by atoms with van der Waals surface area (Å²) in [5.41, 5.74) is 1.38. The van der Waals surface area contributed by atoms with E-state index in [0.717, 1.165) is 48.8 Å². The summed E-state index contributed by atoms with van der Waals surface area (Å²) < 4.78 is 5.07. The molecule has 4 heteroatoms. The molecule has 3 aromatic carbocycles. The predicted molar refractivity (Wildman–Crippen MR) is 141 cm³/mol. The highest BCUT2D eigenvalue weighted by Gasteiger charge is 2.45. The Morgan fingerprint density at radius 2 is 1.26 bits per heavy atom. The van der Waals surface area contributed by atoms with Gasteiger partial charge in [0.2, 0.25) is 5.91 Å². The molecule has 0 saturated carbocycles. The van der Waals surface area contributed by atoms with Crippen LogP contribution in [0.2, 0.25) is 0 Å². The highest BCUT2D eigenvalue weighted by molar-refractivity contribution is 5.98. The number of benzene rings is 3. The van der Waals surface area contributed by atoms with E-state index in [1.54, 1.807) is 0 Å². The molecule has 0 aliphatic rings. The third-order valence-corrected chi connectivity index (χ3v) is 6.40. The van der Waals surface area contributed by atoms with Gasteiger partial charge < -0.3 is 10.1 Å². The second-order valence-electron chi connectivity index (χ2n) is 8.68. The Morgan fingerprint density at radius 3 is 1.69 bits per heavy atom. The van der Waals surface area contributed by atoms with Crippen molar-refractivity contribution in [2.45, 2.75) is 50.0 Å². The number of rotatable bonds is 13. The molecule has 35 heavy (non-hydrogen) atoms. The van der Waals surface area contributed by atoms with Gasteiger partial charge in [-0.2, -0.15) is 0 Å². The van der Waals surface area contributed by atoms with Crippen molar-refractivity contribution >= 4 is 11.9 Å². The van der Waals surface area contributed by atoms with Gasteiger partial charge in [0.1, 0.15) is 11.5 Å². The molecule has 4 nitrogen and oxygen atoms in total. The maximum atomic E-state index is 14.3. The van der Waals surface area contributed by atoms with Gasteiger partial charge in [0.15, 0.2) is 0 Å². The highest BCUT2D eigenvalue weighted by atomic mass is 16.5. The summed E-state index contributed by atoms with van der Waals surface area (Å²) in [6, 6.07) is 28.5. The number of carbonyl (C=O) groups excluding carboxylic acids is 2. The maximum absolute atomic E-state index is 14.3. The third kappa shape index (κ3) is 6.27. The number of nitrogens with one attached hydrogen (secondary N) is 1. The average Bonchev–Trinajstić information content (AvgIpc) is 2.92. The molecule has 0 bridgehead atoms. The van der Waals surface area contributed by atoms with Gasteiger partial charge in [-0.1, -0.05) is 116 Å². The van der Waals surface area contributed by atoms with Gasteiger partial charge in [0.25, 0.3) is 0 Å². The van der Waals surface area contributed by atoms with Gasteiger partial charge in [0.05, 0.1) is 7.11 Å². The van der Waals surface area contributed by atoms with Crippen molar-refractivity contribution in [3.8, 4) is 0 Å². The summed E-state index contributed by atoms with van der Waals surface area (Å²) in [5.74, 6) is -0.671. The van der Waals surface area contributed by atoms with Crippen molar-refractivity contribution in [3.05, 3.63) is 120 Å². The molecule has 3 rings (SSSR count). The number of amides is 1. The highest BCUT2D eigenvalue weighted by Crippen LogP contribution is 2.39. The Labute approximate surface area is 209 Å². The number of esters is 1. The van der Waals surface area contributed by atoms with Gasteiger partial charge in [-0.05, 0) is 36.0 Å². The van der Waals surface area contributed by atoms with Crippen molar-refractivity contribution in [2.75, 3.05) is 7.11 Å². The number of carbonyl (C=O) groups is 2. The van der Waals surface area contributed by atoms with Crippen LogP contribution in [0.3, 0.4) is 0 Å². The summed E-state index contributed by atoms with van der Waals surface area (Å²) in [7, 11) is 1.37. The summed E-state index contributed by atoms with van der Waals surface area (Å²) in [4.78, 5) is 27.0. The first-order valence-corrected chi connectivity index (χ1v) is 12.3. The largest absolute Gasteiger partial charge is 0.467 e. The van der Waals surface area contributed by atoms with E-state index in [1.165, 1.54) is 7.11 Å². The SMILES string of the molecule is C=CCCCCCC[C@H](NC(=O)C(c1ccccc1)(c1ccccc1)c1ccccc1)C(=O)OC. The number of ether oxygens (including phenoxy) is 1. The van der Waals surface area contributed by atoms with Crippen LogP contribution in [0.4, 0.5) is 0 Å². The Hall–Kier alpha value is -3.66. The molecule has 0 heterocycles. The van der Waals surface area contributed by atoms with Crippen molar-refractivity contribution in [2.24, 2.45) is 0 Å². The number of allylic oxidation sites excluding steroid dienone is 1. The van der Waals surface area contributed by atoms with Gasteiger partial charge in [-0.25, -0.2) is 4.79 Å². The van der Waals surface area contributed by atoms with E-state index in [4.69, 9.17) is 4.74 Å². The topological polar surface area (TPSA) is 55.4 Å². The molecule has 3 aromatic rings. The molecular weight excluding hydrogens is 434 g/mol. The van der Waals surface area contributed by atoms with E-state index in [9.17, 15) is 9.59 Å². The molecule has 0 fully saturated rings. The van der Waals surface area contributed by atoms with Crippen molar-refractivity contribution in [3.63, 3.8) is 0 Å². The molecule has 0 saturated heterocycles. The van der Waals surface area contributed by atoms with Gasteiger partial charge >= 0.3 is 5.97 Å². The van der Waals surface area contributed by atoms with E-state index in [1.807, 2.05) is 97.1 Å². The number of unbranched alkanes of at least 4 members (excludes halogenated alkanes) is 4. The lowest BCUT2D eigenvalue weighted by Crippen LogP contribution is -2.52. The van der Waals surface area contributed by atoms with Gasteiger partial charge in [-0.15, -0.1) is 6.58 Å². The van der Waals surface area contributed by atoms with Crippen molar-refractivity contribution in [1.82, 2.24) is 5.32 Å². The normalized spacial score (nSPS) is 11.9. The minimum Gasteiger partial charge on any atom is -0.467 e. The smallest absolute Gasteiger partial charge is 0.328 e. The number of hydrogen-bond acceptors (Lipinski definition) is 3. The third-order valence-electron chi connectivity index (χ3n) is 6.40. The molecule has 1 atom stereocenters. The maximum Gasteiger partial charge on any atom is 0.328 e. The Morgan fingerprint density at radius 1 is 0.800 bits per heavy atom. The fraction of sp³-hybridized carbons (Fsp3) is 0.290. The molecule has 1 amide bonds. The molecule has 0 unspecified atom stereocenters. The molecule has 0 aliphatic carbocycles. The monoisotopic (exact) mass is 469 g/mol.